The topological polar surface area (TPSA) is 39.3 Å². The second kappa shape index (κ2) is 4.20. The van der Waals surface area contributed by atoms with Crippen molar-refractivity contribution in [3.63, 3.8) is 0 Å². The lowest BCUT2D eigenvalue weighted by Gasteiger charge is -2.10. The summed E-state index contributed by atoms with van der Waals surface area (Å²) in [4.78, 5) is 12.2. The number of nitrogens with zero attached hydrogens (tertiary/aromatic N) is 3. The third-order valence-corrected chi connectivity index (χ3v) is 4.72. The number of fused-ring (bicyclic) bond motifs is 5. The Kier molecular flexibility index (Phi) is 2.52. The standard InChI is InChI=1S/C17H19N3O/c1-10-8-15-16(9-11(10)2)20-17(19(15)12(3)21)13-6-4-5-7-14(13)18-20/h8-9H,4-7H2,1-3H3. The van der Waals surface area contributed by atoms with Gasteiger partial charge in [0.2, 0.25) is 5.91 Å². The van der Waals surface area contributed by atoms with Crippen molar-refractivity contribution in [1.82, 2.24) is 14.2 Å². The van der Waals surface area contributed by atoms with E-state index in [1.54, 1.807) is 6.92 Å². The number of aryl methyl sites for hydroxylation is 4. The van der Waals surface area contributed by atoms with Gasteiger partial charge in [-0.05, 0) is 62.8 Å². The molecule has 4 heteroatoms. The Labute approximate surface area is 123 Å². The summed E-state index contributed by atoms with van der Waals surface area (Å²) < 4.78 is 3.83. The van der Waals surface area contributed by atoms with E-state index in [4.69, 9.17) is 5.10 Å². The molecule has 1 aliphatic carbocycles. The number of carbonyl (C=O) groups is 1. The van der Waals surface area contributed by atoms with Crippen molar-refractivity contribution in [3.05, 3.63) is 34.5 Å². The van der Waals surface area contributed by atoms with Gasteiger partial charge < -0.3 is 0 Å². The lowest BCUT2D eigenvalue weighted by Crippen LogP contribution is -2.08. The van der Waals surface area contributed by atoms with E-state index >= 15 is 0 Å². The molecule has 0 N–H and O–H groups in total. The predicted molar refractivity (Wildman–Crippen MR) is 83.1 cm³/mol. The summed E-state index contributed by atoms with van der Waals surface area (Å²) in [6.45, 7) is 5.83. The van der Waals surface area contributed by atoms with Crippen LogP contribution in [0.1, 0.15) is 46.9 Å². The van der Waals surface area contributed by atoms with Gasteiger partial charge in [0.25, 0.3) is 0 Å². The zero-order chi connectivity index (χ0) is 14.7. The second-order valence-electron chi connectivity index (χ2n) is 6.15. The molecule has 2 heterocycles. The Balaban J connectivity index is 2.22. The fraction of sp³-hybridized carbons (Fsp3) is 0.412. The summed E-state index contributed by atoms with van der Waals surface area (Å²) in [7, 11) is 0. The molecule has 4 nitrogen and oxygen atoms in total. The minimum atomic E-state index is 0.0616. The van der Waals surface area contributed by atoms with Gasteiger partial charge in [0, 0.05) is 12.5 Å². The van der Waals surface area contributed by atoms with E-state index in [2.05, 4.69) is 26.0 Å². The maximum atomic E-state index is 12.2. The molecular formula is C17H19N3O. The van der Waals surface area contributed by atoms with Crippen LogP contribution >= 0.6 is 0 Å². The third-order valence-electron chi connectivity index (χ3n) is 4.72. The van der Waals surface area contributed by atoms with Crippen LogP contribution < -0.4 is 0 Å². The van der Waals surface area contributed by atoms with E-state index in [1.807, 2.05) is 9.08 Å². The SMILES string of the molecule is CC(=O)n1c2cc(C)c(C)cc2n2nc3c(c12)CCCC3. The Hall–Kier alpha value is -2.10. The third kappa shape index (κ3) is 1.62. The number of carbonyl (C=O) groups excluding carboxylic acids is 1. The molecule has 1 aromatic carbocycles. The molecule has 0 fully saturated rings. The molecule has 2 aromatic heterocycles. The zero-order valence-electron chi connectivity index (χ0n) is 12.7. The van der Waals surface area contributed by atoms with E-state index in [-0.39, 0.29) is 5.91 Å². The first-order valence-corrected chi connectivity index (χ1v) is 7.61. The summed E-state index contributed by atoms with van der Waals surface area (Å²) >= 11 is 0. The molecule has 21 heavy (non-hydrogen) atoms. The van der Waals surface area contributed by atoms with Crippen LogP contribution in [0.25, 0.3) is 16.7 Å². The van der Waals surface area contributed by atoms with Crippen LogP contribution in [0.5, 0.6) is 0 Å². The van der Waals surface area contributed by atoms with Gasteiger partial charge in [-0.2, -0.15) is 5.10 Å². The number of aromatic nitrogens is 3. The minimum Gasteiger partial charge on any atom is -0.274 e. The maximum Gasteiger partial charge on any atom is 0.229 e. The predicted octanol–water partition coefficient (Wildman–Crippen LogP) is 3.44. The highest BCUT2D eigenvalue weighted by molar-refractivity contribution is 5.96. The van der Waals surface area contributed by atoms with Crippen LogP contribution in [-0.2, 0) is 12.8 Å². The maximum absolute atomic E-state index is 12.2. The monoisotopic (exact) mass is 281 g/mol. The van der Waals surface area contributed by atoms with Crippen LogP contribution in [0.3, 0.4) is 0 Å². The van der Waals surface area contributed by atoms with Gasteiger partial charge in [-0.15, -0.1) is 0 Å². The fourth-order valence-corrected chi connectivity index (χ4v) is 3.50. The number of benzene rings is 1. The Morgan fingerprint density at radius 2 is 1.76 bits per heavy atom. The molecule has 3 aromatic rings. The van der Waals surface area contributed by atoms with Crippen LogP contribution in [-0.4, -0.2) is 20.1 Å². The molecule has 0 saturated carbocycles. The highest BCUT2D eigenvalue weighted by Gasteiger charge is 2.24. The van der Waals surface area contributed by atoms with E-state index in [0.717, 1.165) is 29.5 Å². The quantitative estimate of drug-likeness (QED) is 0.633. The normalized spacial score (nSPS) is 14.8. The lowest BCUT2D eigenvalue weighted by atomic mass is 9.98. The molecule has 0 aliphatic heterocycles. The van der Waals surface area contributed by atoms with Gasteiger partial charge in [0.15, 0.2) is 0 Å². The number of hydrogen-bond acceptors (Lipinski definition) is 2. The summed E-state index contributed by atoms with van der Waals surface area (Å²) in [5.41, 5.74) is 7.88. The van der Waals surface area contributed by atoms with Crippen molar-refractivity contribution in [2.24, 2.45) is 0 Å². The van der Waals surface area contributed by atoms with Crippen molar-refractivity contribution in [3.8, 4) is 0 Å². The fourth-order valence-electron chi connectivity index (χ4n) is 3.50. The molecular weight excluding hydrogens is 262 g/mol. The largest absolute Gasteiger partial charge is 0.274 e. The number of hydrogen-bond donors (Lipinski definition) is 0. The Morgan fingerprint density at radius 3 is 2.48 bits per heavy atom. The molecule has 0 unspecified atom stereocenters. The molecule has 0 bridgehead atoms. The van der Waals surface area contributed by atoms with Crippen molar-refractivity contribution >= 4 is 22.6 Å². The lowest BCUT2D eigenvalue weighted by molar-refractivity contribution is 0.0945. The van der Waals surface area contributed by atoms with Crippen molar-refractivity contribution in [2.75, 3.05) is 0 Å². The van der Waals surface area contributed by atoms with E-state index < -0.39 is 0 Å². The van der Waals surface area contributed by atoms with Crippen LogP contribution in [0, 0.1) is 13.8 Å². The highest BCUT2D eigenvalue weighted by Crippen LogP contribution is 2.31. The summed E-state index contributed by atoms with van der Waals surface area (Å²) in [5, 5.41) is 4.80. The molecule has 0 radical (unpaired) electrons. The van der Waals surface area contributed by atoms with Crippen LogP contribution in [0.4, 0.5) is 0 Å². The van der Waals surface area contributed by atoms with Gasteiger partial charge in [0.1, 0.15) is 5.65 Å². The molecule has 0 amide bonds. The second-order valence-corrected chi connectivity index (χ2v) is 6.15. The smallest absolute Gasteiger partial charge is 0.229 e. The first-order valence-electron chi connectivity index (χ1n) is 7.61. The zero-order valence-corrected chi connectivity index (χ0v) is 12.7. The van der Waals surface area contributed by atoms with E-state index in [0.29, 0.717) is 0 Å². The van der Waals surface area contributed by atoms with Gasteiger partial charge >= 0.3 is 0 Å². The van der Waals surface area contributed by atoms with Gasteiger partial charge in [-0.1, -0.05) is 0 Å². The Bertz CT molecular complexity index is 898. The van der Waals surface area contributed by atoms with Crippen molar-refractivity contribution in [2.45, 2.75) is 46.5 Å². The van der Waals surface area contributed by atoms with E-state index in [1.165, 1.54) is 35.2 Å². The van der Waals surface area contributed by atoms with Crippen molar-refractivity contribution in [1.29, 1.82) is 0 Å². The molecule has 0 atom stereocenters. The highest BCUT2D eigenvalue weighted by atomic mass is 16.1. The number of rotatable bonds is 0. The summed E-state index contributed by atoms with van der Waals surface area (Å²) in [6.07, 6.45) is 4.44. The van der Waals surface area contributed by atoms with Crippen LogP contribution in [0.15, 0.2) is 12.1 Å². The molecule has 1 aliphatic rings. The van der Waals surface area contributed by atoms with Crippen molar-refractivity contribution < 1.29 is 4.79 Å². The first kappa shape index (κ1) is 12.6. The van der Waals surface area contributed by atoms with Crippen LogP contribution in [0.2, 0.25) is 0 Å². The van der Waals surface area contributed by atoms with Gasteiger partial charge in [-0.3, -0.25) is 9.36 Å². The first-order chi connectivity index (χ1) is 10.1. The van der Waals surface area contributed by atoms with Gasteiger partial charge in [0.05, 0.1) is 16.7 Å². The van der Waals surface area contributed by atoms with Gasteiger partial charge in [-0.25, -0.2) is 4.52 Å². The average molecular weight is 281 g/mol. The minimum absolute atomic E-state index is 0.0616. The average Bonchev–Trinajstić information content (AvgIpc) is 2.94. The molecule has 0 spiro atoms. The Morgan fingerprint density at radius 1 is 1.10 bits per heavy atom. The molecule has 4 rings (SSSR count). The van der Waals surface area contributed by atoms with E-state index in [9.17, 15) is 4.79 Å². The summed E-state index contributed by atoms with van der Waals surface area (Å²) in [6, 6.07) is 4.26. The molecule has 0 saturated heterocycles. The molecule has 108 valence electrons. The summed E-state index contributed by atoms with van der Waals surface area (Å²) in [5.74, 6) is 0.0616. The number of imidazole rings is 1.